The smallest absolute Gasteiger partial charge is 0.251 e. The van der Waals surface area contributed by atoms with Gasteiger partial charge >= 0.3 is 0 Å². The van der Waals surface area contributed by atoms with Crippen LogP contribution >= 0.6 is 0 Å². The second-order valence-electron chi connectivity index (χ2n) is 5.66. The first-order chi connectivity index (χ1) is 9.72. The summed E-state index contributed by atoms with van der Waals surface area (Å²) in [7, 11) is 0. The third-order valence-corrected chi connectivity index (χ3v) is 4.11. The molecule has 5 nitrogen and oxygen atoms in total. The van der Waals surface area contributed by atoms with Crippen LogP contribution in [0, 0.1) is 0 Å². The number of hydrogen-bond donors (Lipinski definition) is 0. The Labute approximate surface area is 121 Å². The van der Waals surface area contributed by atoms with Gasteiger partial charge < -0.3 is 14.5 Å². The maximum Gasteiger partial charge on any atom is 0.251 e. The SMILES string of the molecule is CCCCC(=O)N1CCCN(C(=O)C2CCCO2)CC1. The van der Waals surface area contributed by atoms with Gasteiger partial charge in [-0.3, -0.25) is 9.59 Å². The Balaban J connectivity index is 1.82. The van der Waals surface area contributed by atoms with Crippen molar-refractivity contribution in [3.05, 3.63) is 0 Å². The molecule has 2 saturated heterocycles. The standard InChI is InChI=1S/C15H26N2O3/c1-2-3-7-14(18)16-8-5-9-17(11-10-16)15(19)13-6-4-12-20-13/h13H,2-12H2,1H3. The summed E-state index contributed by atoms with van der Waals surface area (Å²) in [6, 6.07) is 0. The minimum atomic E-state index is -0.239. The van der Waals surface area contributed by atoms with Crippen molar-refractivity contribution in [3.8, 4) is 0 Å². The van der Waals surface area contributed by atoms with Crippen LogP contribution in [0.4, 0.5) is 0 Å². The van der Waals surface area contributed by atoms with E-state index in [9.17, 15) is 9.59 Å². The Bertz CT molecular complexity index is 340. The normalized spacial score (nSPS) is 23.8. The van der Waals surface area contributed by atoms with Gasteiger partial charge in [0.1, 0.15) is 6.10 Å². The molecule has 0 aromatic rings. The van der Waals surface area contributed by atoms with Gasteiger partial charge in [0.2, 0.25) is 5.91 Å². The van der Waals surface area contributed by atoms with E-state index in [1.54, 1.807) is 0 Å². The zero-order chi connectivity index (χ0) is 14.4. The highest BCUT2D eigenvalue weighted by atomic mass is 16.5. The van der Waals surface area contributed by atoms with Crippen molar-refractivity contribution in [1.29, 1.82) is 0 Å². The largest absolute Gasteiger partial charge is 0.368 e. The molecule has 0 aromatic heterocycles. The molecule has 0 N–H and O–H groups in total. The summed E-state index contributed by atoms with van der Waals surface area (Å²) in [6.07, 6.45) is 5.08. The molecule has 0 saturated carbocycles. The maximum absolute atomic E-state index is 12.3. The van der Waals surface area contributed by atoms with E-state index in [1.807, 2.05) is 9.80 Å². The topological polar surface area (TPSA) is 49.9 Å². The average Bonchev–Trinajstić information content (AvgIpc) is 2.88. The molecule has 2 aliphatic rings. The predicted molar refractivity (Wildman–Crippen MR) is 76.3 cm³/mol. The minimum Gasteiger partial charge on any atom is -0.368 e. The molecular weight excluding hydrogens is 256 g/mol. The van der Waals surface area contributed by atoms with Crippen molar-refractivity contribution in [1.82, 2.24) is 9.80 Å². The average molecular weight is 282 g/mol. The van der Waals surface area contributed by atoms with Crippen molar-refractivity contribution < 1.29 is 14.3 Å². The van der Waals surface area contributed by atoms with Crippen LogP contribution in [0.5, 0.6) is 0 Å². The highest BCUT2D eigenvalue weighted by molar-refractivity contribution is 5.81. The maximum atomic E-state index is 12.3. The van der Waals surface area contributed by atoms with Gasteiger partial charge in [0.25, 0.3) is 5.91 Å². The number of amides is 2. The first-order valence-corrected chi connectivity index (χ1v) is 7.90. The molecule has 0 bridgehead atoms. The van der Waals surface area contributed by atoms with E-state index < -0.39 is 0 Å². The van der Waals surface area contributed by atoms with Crippen molar-refractivity contribution in [2.24, 2.45) is 0 Å². The van der Waals surface area contributed by atoms with Gasteiger partial charge in [-0.05, 0) is 25.7 Å². The van der Waals surface area contributed by atoms with E-state index >= 15 is 0 Å². The molecule has 2 aliphatic heterocycles. The number of hydrogen-bond acceptors (Lipinski definition) is 3. The number of ether oxygens (including phenoxy) is 1. The van der Waals surface area contributed by atoms with E-state index in [2.05, 4.69) is 6.92 Å². The summed E-state index contributed by atoms with van der Waals surface area (Å²) < 4.78 is 5.46. The van der Waals surface area contributed by atoms with Gasteiger partial charge in [-0.15, -0.1) is 0 Å². The quantitative estimate of drug-likeness (QED) is 0.783. The van der Waals surface area contributed by atoms with Crippen molar-refractivity contribution in [2.45, 2.75) is 51.6 Å². The Morgan fingerprint density at radius 1 is 1.10 bits per heavy atom. The zero-order valence-electron chi connectivity index (χ0n) is 12.5. The fraction of sp³-hybridized carbons (Fsp3) is 0.867. The molecule has 2 amide bonds. The lowest BCUT2D eigenvalue weighted by atomic mass is 10.2. The van der Waals surface area contributed by atoms with Crippen molar-refractivity contribution in [2.75, 3.05) is 32.8 Å². The third kappa shape index (κ3) is 3.95. The fourth-order valence-electron chi connectivity index (χ4n) is 2.85. The third-order valence-electron chi connectivity index (χ3n) is 4.11. The molecule has 2 heterocycles. The molecule has 20 heavy (non-hydrogen) atoms. The summed E-state index contributed by atoms with van der Waals surface area (Å²) in [5.74, 6) is 0.351. The van der Waals surface area contributed by atoms with Gasteiger partial charge in [0, 0.05) is 39.2 Å². The summed E-state index contributed by atoms with van der Waals surface area (Å²) in [4.78, 5) is 28.1. The summed E-state index contributed by atoms with van der Waals surface area (Å²) in [6.45, 7) is 5.63. The van der Waals surface area contributed by atoms with Gasteiger partial charge in [0.15, 0.2) is 0 Å². The molecule has 2 fully saturated rings. The van der Waals surface area contributed by atoms with E-state index in [1.165, 1.54) is 0 Å². The lowest BCUT2D eigenvalue weighted by molar-refractivity contribution is -0.141. The van der Waals surface area contributed by atoms with Crippen molar-refractivity contribution >= 4 is 11.8 Å². The van der Waals surface area contributed by atoms with Crippen LogP contribution in [0.25, 0.3) is 0 Å². The second kappa shape index (κ2) is 7.62. The Hall–Kier alpha value is -1.10. The molecule has 0 spiro atoms. The zero-order valence-corrected chi connectivity index (χ0v) is 12.5. The molecule has 0 aliphatic carbocycles. The lowest BCUT2D eigenvalue weighted by Gasteiger charge is -2.24. The van der Waals surface area contributed by atoms with Crippen LogP contribution in [0.3, 0.4) is 0 Å². The minimum absolute atomic E-state index is 0.116. The molecule has 1 unspecified atom stereocenters. The van der Waals surface area contributed by atoms with Gasteiger partial charge in [-0.25, -0.2) is 0 Å². The molecule has 2 rings (SSSR count). The Kier molecular flexibility index (Phi) is 5.83. The van der Waals surface area contributed by atoms with E-state index in [0.717, 1.165) is 45.2 Å². The van der Waals surface area contributed by atoms with E-state index in [4.69, 9.17) is 4.74 Å². The van der Waals surface area contributed by atoms with Gasteiger partial charge in [-0.1, -0.05) is 13.3 Å². The monoisotopic (exact) mass is 282 g/mol. The number of unbranched alkanes of at least 4 members (excludes halogenated alkanes) is 1. The summed E-state index contributed by atoms with van der Waals surface area (Å²) in [5, 5.41) is 0. The van der Waals surface area contributed by atoms with Crippen molar-refractivity contribution in [3.63, 3.8) is 0 Å². The number of rotatable bonds is 4. The predicted octanol–water partition coefficient (Wildman–Crippen LogP) is 1.42. The van der Waals surface area contributed by atoms with Crippen LogP contribution in [0.15, 0.2) is 0 Å². The molecular formula is C15H26N2O3. The summed E-state index contributed by atoms with van der Waals surface area (Å²) in [5.41, 5.74) is 0. The van der Waals surface area contributed by atoms with Gasteiger partial charge in [0.05, 0.1) is 0 Å². The first-order valence-electron chi connectivity index (χ1n) is 7.90. The van der Waals surface area contributed by atoms with Crippen LogP contribution in [0.1, 0.15) is 45.4 Å². The van der Waals surface area contributed by atoms with E-state index in [0.29, 0.717) is 26.1 Å². The Morgan fingerprint density at radius 2 is 1.85 bits per heavy atom. The van der Waals surface area contributed by atoms with Crippen LogP contribution < -0.4 is 0 Å². The van der Waals surface area contributed by atoms with Gasteiger partial charge in [-0.2, -0.15) is 0 Å². The molecule has 5 heteroatoms. The van der Waals surface area contributed by atoms with Crippen LogP contribution in [-0.2, 0) is 14.3 Å². The van der Waals surface area contributed by atoms with Crippen LogP contribution in [0.2, 0.25) is 0 Å². The Morgan fingerprint density at radius 3 is 2.55 bits per heavy atom. The highest BCUT2D eigenvalue weighted by Crippen LogP contribution is 2.16. The number of carbonyl (C=O) groups is 2. The fourth-order valence-corrected chi connectivity index (χ4v) is 2.85. The molecule has 114 valence electrons. The van der Waals surface area contributed by atoms with E-state index in [-0.39, 0.29) is 17.9 Å². The second-order valence-corrected chi connectivity index (χ2v) is 5.66. The molecule has 0 radical (unpaired) electrons. The molecule has 0 aromatic carbocycles. The number of carbonyl (C=O) groups excluding carboxylic acids is 2. The van der Waals surface area contributed by atoms with Crippen LogP contribution in [-0.4, -0.2) is 60.5 Å². The highest BCUT2D eigenvalue weighted by Gasteiger charge is 2.29. The molecule has 1 atom stereocenters. The number of nitrogens with zero attached hydrogens (tertiary/aromatic N) is 2. The summed E-state index contributed by atoms with van der Waals surface area (Å²) >= 11 is 0. The lowest BCUT2D eigenvalue weighted by Crippen LogP contribution is -2.41. The first kappa shape index (κ1) is 15.3.